The molecule has 4 rings (SSSR count). The minimum absolute atomic E-state index is 0.0331. The summed E-state index contributed by atoms with van der Waals surface area (Å²) in [5, 5.41) is 0. The number of nitrogens with zero attached hydrogens (tertiary/aromatic N) is 1. The van der Waals surface area contributed by atoms with E-state index < -0.39 is 17.5 Å². The van der Waals surface area contributed by atoms with Crippen LogP contribution in [0.4, 0.5) is 13.2 Å². The van der Waals surface area contributed by atoms with Crippen molar-refractivity contribution in [3.8, 4) is 11.1 Å². The fourth-order valence-corrected chi connectivity index (χ4v) is 3.85. The first-order valence-electron chi connectivity index (χ1n) is 8.59. The number of amides is 1. The van der Waals surface area contributed by atoms with E-state index >= 15 is 0 Å². The van der Waals surface area contributed by atoms with Crippen LogP contribution in [-0.2, 0) is 4.79 Å². The van der Waals surface area contributed by atoms with Gasteiger partial charge >= 0.3 is 0 Å². The average molecular weight is 345 g/mol. The van der Waals surface area contributed by atoms with E-state index in [4.69, 9.17) is 0 Å². The highest BCUT2D eigenvalue weighted by atomic mass is 19.1. The van der Waals surface area contributed by atoms with Crippen molar-refractivity contribution in [3.63, 3.8) is 0 Å². The molecule has 2 atom stereocenters. The summed E-state index contributed by atoms with van der Waals surface area (Å²) in [6.45, 7) is 1.49. The van der Waals surface area contributed by atoms with Gasteiger partial charge < -0.3 is 4.90 Å². The Hall–Kier alpha value is -2.30. The maximum Gasteiger partial charge on any atom is 0.226 e. The molecule has 0 bridgehead atoms. The monoisotopic (exact) mass is 345 g/mol. The number of rotatable bonds is 3. The highest BCUT2D eigenvalue weighted by molar-refractivity contribution is 5.84. The van der Waals surface area contributed by atoms with Gasteiger partial charge in [-0.25, -0.2) is 13.2 Å². The van der Waals surface area contributed by atoms with Crippen LogP contribution in [0.5, 0.6) is 0 Å². The Labute approximate surface area is 144 Å². The minimum Gasteiger partial charge on any atom is -0.342 e. The molecule has 1 saturated carbocycles. The molecule has 0 N–H and O–H groups in total. The van der Waals surface area contributed by atoms with Gasteiger partial charge in [-0.05, 0) is 54.5 Å². The summed E-state index contributed by atoms with van der Waals surface area (Å²) in [6.07, 6.45) is 2.52. The van der Waals surface area contributed by atoms with Crippen molar-refractivity contribution in [2.75, 3.05) is 13.1 Å². The van der Waals surface area contributed by atoms with E-state index in [-0.39, 0.29) is 34.4 Å². The molecule has 1 heterocycles. The number of benzene rings is 2. The van der Waals surface area contributed by atoms with Crippen LogP contribution in [0.3, 0.4) is 0 Å². The number of hydrogen-bond acceptors (Lipinski definition) is 1. The quantitative estimate of drug-likeness (QED) is 0.802. The van der Waals surface area contributed by atoms with E-state index in [1.54, 1.807) is 0 Å². The number of carbonyl (C=O) groups is 1. The highest BCUT2D eigenvalue weighted by Gasteiger charge is 2.48. The van der Waals surface area contributed by atoms with Gasteiger partial charge in [0.05, 0.1) is 5.56 Å². The van der Waals surface area contributed by atoms with Crippen molar-refractivity contribution in [1.82, 2.24) is 4.90 Å². The fourth-order valence-electron chi connectivity index (χ4n) is 3.85. The van der Waals surface area contributed by atoms with Gasteiger partial charge in [0.25, 0.3) is 0 Å². The topological polar surface area (TPSA) is 20.3 Å². The molecule has 2 aromatic rings. The molecule has 2 fully saturated rings. The van der Waals surface area contributed by atoms with Gasteiger partial charge in [0.1, 0.15) is 17.5 Å². The number of carbonyl (C=O) groups excluding carboxylic acids is 1. The lowest BCUT2D eigenvalue weighted by molar-refractivity contribution is -0.131. The predicted octanol–water partition coefficient (Wildman–Crippen LogP) is 4.50. The van der Waals surface area contributed by atoms with E-state index in [2.05, 4.69) is 0 Å². The van der Waals surface area contributed by atoms with E-state index in [0.717, 1.165) is 38.1 Å². The molecule has 2 aromatic carbocycles. The highest BCUT2D eigenvalue weighted by Crippen LogP contribution is 2.52. The van der Waals surface area contributed by atoms with Gasteiger partial charge in [-0.15, -0.1) is 0 Å². The summed E-state index contributed by atoms with van der Waals surface area (Å²) in [6, 6.07) is 7.85. The van der Waals surface area contributed by atoms with Crippen molar-refractivity contribution in [1.29, 1.82) is 0 Å². The summed E-state index contributed by atoms with van der Waals surface area (Å²) in [5.74, 6) is -2.54. The van der Waals surface area contributed by atoms with E-state index in [9.17, 15) is 18.0 Å². The summed E-state index contributed by atoms with van der Waals surface area (Å²) in [5.41, 5.74) is 0.234. The second-order valence-electron chi connectivity index (χ2n) is 6.78. The standard InChI is InChI=1S/C20H18F3NO/c21-15-6-3-5-12(19-16(22)7-4-8-17(19)23)18(15)13-11-14(13)20(25)24-9-1-2-10-24/h3-8,13-14H,1-2,9-11H2. The van der Waals surface area contributed by atoms with Gasteiger partial charge in [-0.2, -0.15) is 0 Å². The number of hydrogen-bond donors (Lipinski definition) is 0. The normalized spacial score (nSPS) is 22.3. The van der Waals surface area contributed by atoms with Crippen molar-refractivity contribution in [2.45, 2.75) is 25.2 Å². The fraction of sp³-hybridized carbons (Fsp3) is 0.350. The molecule has 2 nitrogen and oxygen atoms in total. The molecule has 0 radical (unpaired) electrons. The third kappa shape index (κ3) is 2.81. The van der Waals surface area contributed by atoms with Crippen LogP contribution in [0.15, 0.2) is 36.4 Å². The van der Waals surface area contributed by atoms with Gasteiger partial charge in [0.15, 0.2) is 0 Å². The second-order valence-corrected chi connectivity index (χ2v) is 6.78. The van der Waals surface area contributed by atoms with Crippen LogP contribution in [0.2, 0.25) is 0 Å². The van der Waals surface area contributed by atoms with Crippen LogP contribution in [0, 0.1) is 23.4 Å². The van der Waals surface area contributed by atoms with Gasteiger partial charge in [-0.1, -0.05) is 18.2 Å². The van der Waals surface area contributed by atoms with E-state index in [1.165, 1.54) is 24.3 Å². The van der Waals surface area contributed by atoms with Gasteiger partial charge in [0, 0.05) is 19.0 Å². The predicted molar refractivity (Wildman–Crippen MR) is 88.4 cm³/mol. The Morgan fingerprint density at radius 1 is 0.920 bits per heavy atom. The van der Waals surface area contributed by atoms with Crippen LogP contribution in [0.1, 0.15) is 30.7 Å². The van der Waals surface area contributed by atoms with Crippen LogP contribution in [0.25, 0.3) is 11.1 Å². The first-order chi connectivity index (χ1) is 12.1. The Morgan fingerprint density at radius 3 is 2.20 bits per heavy atom. The molecule has 1 aliphatic carbocycles. The summed E-state index contributed by atoms with van der Waals surface area (Å²) >= 11 is 0. The number of likely N-dealkylation sites (tertiary alicyclic amines) is 1. The molecule has 0 spiro atoms. The third-order valence-electron chi connectivity index (χ3n) is 5.18. The molecule has 5 heteroatoms. The third-order valence-corrected chi connectivity index (χ3v) is 5.18. The van der Waals surface area contributed by atoms with Crippen LogP contribution in [-0.4, -0.2) is 23.9 Å². The van der Waals surface area contributed by atoms with Crippen LogP contribution >= 0.6 is 0 Å². The maximum absolute atomic E-state index is 14.5. The average Bonchev–Trinajstić information content (AvgIpc) is 3.16. The number of halogens is 3. The van der Waals surface area contributed by atoms with Crippen molar-refractivity contribution in [2.24, 2.45) is 5.92 Å². The molecule has 1 amide bonds. The molecular formula is C20H18F3NO. The first-order valence-corrected chi connectivity index (χ1v) is 8.59. The maximum atomic E-state index is 14.5. The lowest BCUT2D eigenvalue weighted by atomic mass is 9.94. The Kier molecular flexibility index (Phi) is 4.02. The molecule has 2 aliphatic rings. The zero-order chi connectivity index (χ0) is 17.6. The summed E-state index contributed by atoms with van der Waals surface area (Å²) in [4.78, 5) is 14.4. The second kappa shape index (κ2) is 6.21. The van der Waals surface area contributed by atoms with Crippen molar-refractivity contribution >= 4 is 5.91 Å². The zero-order valence-electron chi connectivity index (χ0n) is 13.6. The molecule has 0 aromatic heterocycles. The lowest BCUT2D eigenvalue weighted by Gasteiger charge is -2.16. The molecule has 25 heavy (non-hydrogen) atoms. The summed E-state index contributed by atoms with van der Waals surface area (Å²) < 4.78 is 42.9. The SMILES string of the molecule is O=C(C1CC1c1c(F)cccc1-c1c(F)cccc1F)N1CCCC1. The molecular weight excluding hydrogens is 327 g/mol. The Morgan fingerprint density at radius 2 is 1.52 bits per heavy atom. The van der Waals surface area contributed by atoms with Gasteiger partial charge in [0.2, 0.25) is 5.91 Å². The smallest absolute Gasteiger partial charge is 0.226 e. The Bertz CT molecular complexity index is 809. The van der Waals surface area contributed by atoms with Crippen molar-refractivity contribution < 1.29 is 18.0 Å². The lowest BCUT2D eigenvalue weighted by Crippen LogP contribution is -2.29. The largest absolute Gasteiger partial charge is 0.342 e. The van der Waals surface area contributed by atoms with E-state index in [0.29, 0.717) is 6.42 Å². The van der Waals surface area contributed by atoms with Crippen molar-refractivity contribution in [3.05, 3.63) is 59.4 Å². The zero-order valence-corrected chi connectivity index (χ0v) is 13.6. The first kappa shape index (κ1) is 16.2. The molecule has 130 valence electrons. The Balaban J connectivity index is 1.71. The molecule has 1 aliphatic heterocycles. The van der Waals surface area contributed by atoms with Gasteiger partial charge in [-0.3, -0.25) is 4.79 Å². The minimum atomic E-state index is -0.727. The molecule has 2 unspecified atom stereocenters. The molecule has 1 saturated heterocycles. The summed E-state index contributed by atoms with van der Waals surface area (Å²) in [7, 11) is 0. The van der Waals surface area contributed by atoms with E-state index in [1.807, 2.05) is 4.90 Å². The van der Waals surface area contributed by atoms with Crippen LogP contribution < -0.4 is 0 Å².